The molecule has 1 amide bonds. The first-order valence-corrected chi connectivity index (χ1v) is 12.4. The number of amides is 1. The molecule has 4 aromatic rings. The maximum atomic E-state index is 12.5. The first-order valence-electron chi connectivity index (χ1n) is 11.2. The van der Waals surface area contributed by atoms with Gasteiger partial charge in [-0.1, -0.05) is 24.3 Å². The summed E-state index contributed by atoms with van der Waals surface area (Å²) in [5.74, 6) is 3.24. The number of fused-ring (bicyclic) bond motifs is 1. The SMILES string of the molecule is COc1ccc(-c2nn(-c3ccccc3)cc2CSCC(=O)NCc2ccc3c(c2)OCO3)cc1. The Morgan fingerprint density at radius 2 is 1.86 bits per heavy atom. The van der Waals surface area contributed by atoms with Crippen LogP contribution in [0.25, 0.3) is 16.9 Å². The Labute approximate surface area is 208 Å². The molecule has 0 unspecified atom stereocenters. The van der Waals surface area contributed by atoms with E-state index < -0.39 is 0 Å². The predicted octanol–water partition coefficient (Wildman–Crippen LogP) is 4.83. The summed E-state index contributed by atoms with van der Waals surface area (Å²) in [6.07, 6.45) is 2.03. The zero-order chi connectivity index (χ0) is 24.0. The molecular formula is C27H25N3O4S. The monoisotopic (exact) mass is 487 g/mol. The molecule has 1 N–H and O–H groups in total. The van der Waals surface area contributed by atoms with Gasteiger partial charge in [0.2, 0.25) is 12.7 Å². The van der Waals surface area contributed by atoms with E-state index in [0.29, 0.717) is 23.8 Å². The summed E-state index contributed by atoms with van der Waals surface area (Å²) in [5, 5.41) is 7.82. The summed E-state index contributed by atoms with van der Waals surface area (Å²) in [6.45, 7) is 0.681. The zero-order valence-corrected chi connectivity index (χ0v) is 20.1. The molecule has 8 heteroatoms. The van der Waals surface area contributed by atoms with E-state index in [1.165, 1.54) is 0 Å². The lowest BCUT2D eigenvalue weighted by Crippen LogP contribution is -2.24. The largest absolute Gasteiger partial charge is 0.497 e. The Bertz CT molecular complexity index is 1310. The van der Waals surface area contributed by atoms with Crippen LogP contribution in [0.2, 0.25) is 0 Å². The van der Waals surface area contributed by atoms with Gasteiger partial charge in [-0.2, -0.15) is 5.10 Å². The quantitative estimate of drug-likeness (QED) is 0.365. The lowest BCUT2D eigenvalue weighted by molar-refractivity contribution is -0.118. The third-order valence-corrected chi connectivity index (χ3v) is 6.57. The van der Waals surface area contributed by atoms with Crippen molar-refractivity contribution < 1.29 is 19.0 Å². The van der Waals surface area contributed by atoms with Crippen LogP contribution in [0.1, 0.15) is 11.1 Å². The van der Waals surface area contributed by atoms with Crippen LogP contribution >= 0.6 is 11.8 Å². The van der Waals surface area contributed by atoms with Gasteiger partial charge in [0.25, 0.3) is 0 Å². The normalized spacial score (nSPS) is 11.9. The minimum absolute atomic E-state index is 0.0193. The van der Waals surface area contributed by atoms with Crippen molar-refractivity contribution in [3.8, 4) is 34.2 Å². The molecule has 0 atom stereocenters. The molecule has 0 fully saturated rings. The number of methoxy groups -OCH3 is 1. The van der Waals surface area contributed by atoms with Gasteiger partial charge < -0.3 is 19.5 Å². The molecule has 0 bridgehead atoms. The van der Waals surface area contributed by atoms with Crippen LogP contribution in [0.4, 0.5) is 0 Å². The number of aromatic nitrogens is 2. The average molecular weight is 488 g/mol. The molecule has 0 spiro atoms. The number of hydrogen-bond donors (Lipinski definition) is 1. The third-order valence-electron chi connectivity index (χ3n) is 5.59. The van der Waals surface area contributed by atoms with Gasteiger partial charge in [-0.25, -0.2) is 4.68 Å². The predicted molar refractivity (Wildman–Crippen MR) is 136 cm³/mol. The van der Waals surface area contributed by atoms with Crippen molar-refractivity contribution in [1.29, 1.82) is 0 Å². The Kier molecular flexibility index (Phi) is 6.90. The maximum absolute atomic E-state index is 12.5. The molecule has 0 saturated heterocycles. The highest BCUT2D eigenvalue weighted by molar-refractivity contribution is 7.99. The van der Waals surface area contributed by atoms with E-state index in [4.69, 9.17) is 19.3 Å². The van der Waals surface area contributed by atoms with E-state index in [9.17, 15) is 4.79 Å². The molecule has 178 valence electrons. The molecule has 5 rings (SSSR count). The van der Waals surface area contributed by atoms with Gasteiger partial charge in [-0.15, -0.1) is 11.8 Å². The van der Waals surface area contributed by atoms with Gasteiger partial charge in [-0.05, 0) is 54.1 Å². The number of nitrogens with zero attached hydrogens (tertiary/aromatic N) is 2. The second-order valence-corrected chi connectivity index (χ2v) is 8.95. The summed E-state index contributed by atoms with van der Waals surface area (Å²) in [5.41, 5.74) is 4.92. The van der Waals surface area contributed by atoms with Gasteiger partial charge >= 0.3 is 0 Å². The molecule has 0 aliphatic carbocycles. The van der Waals surface area contributed by atoms with Crippen molar-refractivity contribution >= 4 is 17.7 Å². The van der Waals surface area contributed by atoms with E-state index in [-0.39, 0.29) is 12.7 Å². The standard InChI is InChI=1S/C27H25N3O4S/c1-32-23-10-8-20(9-11-23)27-21(15-30(29-27)22-5-3-2-4-6-22)16-35-17-26(31)28-14-19-7-12-24-25(13-19)34-18-33-24/h2-13,15H,14,16-18H2,1H3,(H,28,31). The van der Waals surface area contributed by atoms with Gasteiger partial charge in [-0.3, -0.25) is 4.79 Å². The minimum Gasteiger partial charge on any atom is -0.497 e. The van der Waals surface area contributed by atoms with Crippen LogP contribution in [-0.4, -0.2) is 35.3 Å². The van der Waals surface area contributed by atoms with Crippen molar-refractivity contribution in [1.82, 2.24) is 15.1 Å². The highest BCUT2D eigenvalue weighted by Gasteiger charge is 2.15. The first kappa shape index (κ1) is 22.9. The number of carbonyl (C=O) groups excluding carboxylic acids is 1. The molecule has 2 heterocycles. The van der Waals surface area contributed by atoms with E-state index in [2.05, 4.69) is 5.32 Å². The molecule has 1 aliphatic rings. The van der Waals surface area contributed by atoms with E-state index >= 15 is 0 Å². The lowest BCUT2D eigenvalue weighted by Gasteiger charge is -2.07. The second-order valence-electron chi connectivity index (χ2n) is 7.97. The van der Waals surface area contributed by atoms with Gasteiger partial charge in [0.05, 0.1) is 24.2 Å². The Morgan fingerprint density at radius 1 is 1.06 bits per heavy atom. The number of hydrogen-bond acceptors (Lipinski definition) is 6. The molecule has 1 aliphatic heterocycles. The van der Waals surface area contributed by atoms with Crippen molar-refractivity contribution in [3.63, 3.8) is 0 Å². The van der Waals surface area contributed by atoms with Crippen LogP contribution in [0.5, 0.6) is 17.2 Å². The maximum Gasteiger partial charge on any atom is 0.231 e. The Hall–Kier alpha value is -3.91. The fourth-order valence-corrected chi connectivity index (χ4v) is 4.60. The summed E-state index contributed by atoms with van der Waals surface area (Å²) in [4.78, 5) is 12.5. The van der Waals surface area contributed by atoms with Crippen molar-refractivity contribution in [2.45, 2.75) is 12.3 Å². The highest BCUT2D eigenvalue weighted by Crippen LogP contribution is 2.32. The molecule has 1 aromatic heterocycles. The van der Waals surface area contributed by atoms with Crippen LogP contribution in [-0.2, 0) is 17.1 Å². The first-order chi connectivity index (χ1) is 17.2. The number of ether oxygens (including phenoxy) is 3. The molecule has 3 aromatic carbocycles. The number of benzene rings is 3. The molecule has 35 heavy (non-hydrogen) atoms. The number of thioether (sulfide) groups is 1. The number of rotatable bonds is 9. The van der Waals surface area contributed by atoms with Gasteiger partial charge in [0.1, 0.15) is 5.75 Å². The summed E-state index contributed by atoms with van der Waals surface area (Å²) < 4.78 is 17.9. The Morgan fingerprint density at radius 3 is 2.66 bits per heavy atom. The van der Waals surface area contributed by atoms with Crippen molar-refractivity contribution in [2.75, 3.05) is 19.7 Å². The van der Waals surface area contributed by atoms with E-state index in [1.807, 2.05) is 83.7 Å². The summed E-state index contributed by atoms with van der Waals surface area (Å²) >= 11 is 1.56. The average Bonchev–Trinajstić information content (AvgIpc) is 3.55. The van der Waals surface area contributed by atoms with Crippen molar-refractivity contribution in [2.24, 2.45) is 0 Å². The van der Waals surface area contributed by atoms with Crippen molar-refractivity contribution in [3.05, 3.63) is 90.1 Å². The molecule has 0 radical (unpaired) electrons. The molecule has 7 nitrogen and oxygen atoms in total. The summed E-state index contributed by atoms with van der Waals surface area (Å²) in [6, 6.07) is 23.6. The van der Waals surface area contributed by atoms with Crippen LogP contribution < -0.4 is 19.5 Å². The Balaban J connectivity index is 1.23. The minimum atomic E-state index is -0.0193. The smallest absolute Gasteiger partial charge is 0.231 e. The number of nitrogens with one attached hydrogen (secondary N) is 1. The second kappa shape index (κ2) is 10.6. The van der Waals surface area contributed by atoms with Gasteiger partial charge in [0, 0.05) is 29.6 Å². The third kappa shape index (κ3) is 5.44. The molecular weight excluding hydrogens is 462 g/mol. The topological polar surface area (TPSA) is 74.6 Å². The van der Waals surface area contributed by atoms with Crippen LogP contribution in [0.3, 0.4) is 0 Å². The molecule has 0 saturated carbocycles. The fraction of sp³-hybridized carbons (Fsp3) is 0.185. The lowest BCUT2D eigenvalue weighted by atomic mass is 10.1. The number of para-hydroxylation sites is 1. The summed E-state index contributed by atoms with van der Waals surface area (Å²) in [7, 11) is 1.65. The van der Waals surface area contributed by atoms with Crippen LogP contribution in [0.15, 0.2) is 79.0 Å². The fourth-order valence-electron chi connectivity index (χ4n) is 3.78. The highest BCUT2D eigenvalue weighted by atomic mass is 32.2. The van der Waals surface area contributed by atoms with Gasteiger partial charge in [0.15, 0.2) is 11.5 Å². The number of carbonyl (C=O) groups is 1. The van der Waals surface area contributed by atoms with Crippen LogP contribution in [0, 0.1) is 0 Å². The van der Waals surface area contributed by atoms with E-state index in [0.717, 1.165) is 39.6 Å². The van der Waals surface area contributed by atoms with E-state index in [1.54, 1.807) is 18.9 Å². The zero-order valence-electron chi connectivity index (χ0n) is 19.3.